The minimum Gasteiger partial charge on any atom is -0.380 e. The van der Waals surface area contributed by atoms with E-state index in [2.05, 4.69) is 4.98 Å². The zero-order valence-electron chi connectivity index (χ0n) is 17.3. The van der Waals surface area contributed by atoms with Crippen molar-refractivity contribution in [3.05, 3.63) is 93.9 Å². The monoisotopic (exact) mass is 427 g/mol. The molecule has 0 aliphatic rings. The first kappa shape index (κ1) is 19.6. The molecule has 0 amide bonds. The average molecular weight is 428 g/mol. The highest BCUT2D eigenvalue weighted by Crippen LogP contribution is 2.34. The molecule has 5 rings (SSSR count). The van der Waals surface area contributed by atoms with Crippen molar-refractivity contribution < 1.29 is 4.74 Å². The van der Waals surface area contributed by atoms with E-state index in [1.807, 2.05) is 73.7 Å². The van der Waals surface area contributed by atoms with Gasteiger partial charge in [-0.3, -0.25) is 9.36 Å². The highest BCUT2D eigenvalue weighted by atomic mass is 32.1. The Labute approximate surface area is 183 Å². The van der Waals surface area contributed by atoms with Crippen molar-refractivity contribution in [2.45, 2.75) is 20.1 Å². The maximum Gasteiger partial charge on any atom is 0.272 e. The van der Waals surface area contributed by atoms with E-state index < -0.39 is 0 Å². The molecule has 5 nitrogen and oxygen atoms in total. The summed E-state index contributed by atoms with van der Waals surface area (Å²) in [5.41, 5.74) is 4.52. The van der Waals surface area contributed by atoms with Gasteiger partial charge in [0.05, 0.1) is 18.7 Å². The number of aryl methyl sites for hydroxylation is 1. The molecule has 0 aliphatic carbocycles. The van der Waals surface area contributed by atoms with Gasteiger partial charge in [0.1, 0.15) is 15.4 Å². The molecule has 3 aromatic heterocycles. The van der Waals surface area contributed by atoms with Crippen LogP contribution in [0.15, 0.2) is 71.5 Å². The van der Waals surface area contributed by atoms with E-state index in [0.29, 0.717) is 29.2 Å². The van der Waals surface area contributed by atoms with Gasteiger partial charge in [0.2, 0.25) is 0 Å². The number of benzene rings is 2. The van der Waals surface area contributed by atoms with E-state index in [1.165, 1.54) is 11.3 Å². The molecule has 2 aromatic carbocycles. The Morgan fingerprint density at radius 2 is 1.71 bits per heavy atom. The average Bonchev–Trinajstić information content (AvgIpc) is 3.15. The molecule has 3 heterocycles. The number of aromatic nitrogens is 3. The first-order valence-corrected chi connectivity index (χ1v) is 10.9. The standard InChI is InChI=1S/C25H21N3O2S/c1-16-13-19(15-30-2)20-21-22(31-24(20)26-16)25(29)28(14-17-9-5-3-6-10-17)23(27-21)18-11-7-4-8-12-18/h3-13H,14-15H2,1-2H3. The third kappa shape index (κ3) is 3.54. The predicted molar refractivity (Wildman–Crippen MR) is 126 cm³/mol. The summed E-state index contributed by atoms with van der Waals surface area (Å²) < 4.78 is 7.82. The fraction of sp³-hybridized carbons (Fsp3) is 0.160. The van der Waals surface area contributed by atoms with Gasteiger partial charge in [-0.1, -0.05) is 60.7 Å². The van der Waals surface area contributed by atoms with Crippen molar-refractivity contribution >= 4 is 31.8 Å². The maximum atomic E-state index is 13.7. The molecule has 0 radical (unpaired) electrons. The zero-order chi connectivity index (χ0) is 21.4. The molecule has 154 valence electrons. The Balaban J connectivity index is 1.85. The summed E-state index contributed by atoms with van der Waals surface area (Å²) in [6, 6.07) is 21.9. The van der Waals surface area contributed by atoms with Crippen LogP contribution in [0.3, 0.4) is 0 Å². The molecule has 0 atom stereocenters. The summed E-state index contributed by atoms with van der Waals surface area (Å²) in [4.78, 5) is 24.3. The second-order valence-corrected chi connectivity index (χ2v) is 8.49. The number of ether oxygens (including phenoxy) is 1. The normalized spacial score (nSPS) is 11.4. The molecule has 0 saturated carbocycles. The van der Waals surface area contributed by atoms with E-state index in [-0.39, 0.29) is 5.56 Å². The summed E-state index contributed by atoms with van der Waals surface area (Å²) in [5, 5.41) is 0.911. The van der Waals surface area contributed by atoms with Crippen LogP contribution < -0.4 is 5.56 Å². The SMILES string of the molecule is COCc1cc(C)nc2sc3c(=O)n(Cc4ccccc4)c(-c4ccccc4)nc3c12. The van der Waals surface area contributed by atoms with E-state index in [0.717, 1.165) is 32.6 Å². The minimum atomic E-state index is -0.0447. The van der Waals surface area contributed by atoms with Crippen LogP contribution in [0.5, 0.6) is 0 Å². The van der Waals surface area contributed by atoms with Crippen LogP contribution in [0, 0.1) is 6.92 Å². The summed E-state index contributed by atoms with van der Waals surface area (Å²) in [6.07, 6.45) is 0. The van der Waals surface area contributed by atoms with E-state index in [1.54, 1.807) is 11.7 Å². The van der Waals surface area contributed by atoms with Gasteiger partial charge in [-0.05, 0) is 24.1 Å². The van der Waals surface area contributed by atoms with Crippen molar-refractivity contribution in [1.82, 2.24) is 14.5 Å². The fourth-order valence-corrected chi connectivity index (χ4v) is 5.08. The Kier molecular flexibility index (Phi) is 5.10. The lowest BCUT2D eigenvalue weighted by molar-refractivity contribution is 0.186. The Bertz CT molecular complexity index is 1440. The lowest BCUT2D eigenvalue weighted by atomic mass is 10.1. The summed E-state index contributed by atoms with van der Waals surface area (Å²) in [5.74, 6) is 0.658. The van der Waals surface area contributed by atoms with Crippen molar-refractivity contribution in [2.24, 2.45) is 0 Å². The lowest BCUT2D eigenvalue weighted by Crippen LogP contribution is -2.23. The fourth-order valence-electron chi connectivity index (χ4n) is 3.92. The molecule has 5 aromatic rings. The number of rotatable bonds is 5. The quantitative estimate of drug-likeness (QED) is 0.388. The first-order chi connectivity index (χ1) is 15.2. The molecule has 0 unspecified atom stereocenters. The second kappa shape index (κ2) is 8.06. The van der Waals surface area contributed by atoms with E-state index in [4.69, 9.17) is 9.72 Å². The van der Waals surface area contributed by atoms with Gasteiger partial charge in [-0.25, -0.2) is 9.97 Å². The molecule has 0 aliphatic heterocycles. The Morgan fingerprint density at radius 3 is 2.42 bits per heavy atom. The van der Waals surface area contributed by atoms with E-state index in [9.17, 15) is 4.79 Å². The van der Waals surface area contributed by atoms with E-state index >= 15 is 0 Å². The summed E-state index contributed by atoms with van der Waals surface area (Å²) >= 11 is 1.41. The Morgan fingerprint density at radius 1 is 1.00 bits per heavy atom. The lowest BCUT2D eigenvalue weighted by Gasteiger charge is -2.13. The number of thiophene rings is 1. The molecule has 0 bridgehead atoms. The van der Waals surface area contributed by atoms with Crippen LogP contribution in [0.25, 0.3) is 31.8 Å². The predicted octanol–water partition coefficient (Wildman–Crippen LogP) is 5.18. The molecular formula is C25H21N3O2S. The van der Waals surface area contributed by atoms with Gasteiger partial charge in [-0.15, -0.1) is 11.3 Å². The summed E-state index contributed by atoms with van der Waals surface area (Å²) in [6.45, 7) is 2.86. The van der Waals surface area contributed by atoms with Gasteiger partial charge in [-0.2, -0.15) is 0 Å². The number of hydrogen-bond acceptors (Lipinski definition) is 5. The smallest absolute Gasteiger partial charge is 0.272 e. The highest BCUT2D eigenvalue weighted by molar-refractivity contribution is 7.25. The van der Waals surface area contributed by atoms with Crippen LogP contribution in [0.1, 0.15) is 16.8 Å². The number of pyridine rings is 1. The number of fused-ring (bicyclic) bond motifs is 3. The van der Waals surface area contributed by atoms with Crippen LogP contribution in [-0.4, -0.2) is 21.6 Å². The molecule has 0 N–H and O–H groups in total. The first-order valence-electron chi connectivity index (χ1n) is 10.1. The van der Waals surface area contributed by atoms with Crippen molar-refractivity contribution in [3.8, 4) is 11.4 Å². The number of methoxy groups -OCH3 is 1. The third-order valence-electron chi connectivity index (χ3n) is 5.27. The second-order valence-electron chi connectivity index (χ2n) is 7.49. The number of nitrogens with zero attached hydrogens (tertiary/aromatic N) is 3. The minimum absolute atomic E-state index is 0.0447. The van der Waals surface area contributed by atoms with Crippen LogP contribution >= 0.6 is 11.3 Å². The van der Waals surface area contributed by atoms with Crippen LogP contribution in [0.4, 0.5) is 0 Å². The summed E-state index contributed by atoms with van der Waals surface area (Å²) in [7, 11) is 1.67. The van der Waals surface area contributed by atoms with Crippen molar-refractivity contribution in [2.75, 3.05) is 7.11 Å². The topological polar surface area (TPSA) is 57.0 Å². The van der Waals surface area contributed by atoms with Crippen LogP contribution in [0.2, 0.25) is 0 Å². The van der Waals surface area contributed by atoms with Gasteiger partial charge in [0, 0.05) is 23.8 Å². The van der Waals surface area contributed by atoms with Gasteiger partial charge in [0.25, 0.3) is 5.56 Å². The molecule has 0 spiro atoms. The maximum absolute atomic E-state index is 13.7. The number of hydrogen-bond donors (Lipinski definition) is 0. The molecular weight excluding hydrogens is 406 g/mol. The van der Waals surface area contributed by atoms with Gasteiger partial charge in [0.15, 0.2) is 0 Å². The Hall–Kier alpha value is -3.35. The van der Waals surface area contributed by atoms with Gasteiger partial charge >= 0.3 is 0 Å². The highest BCUT2D eigenvalue weighted by Gasteiger charge is 2.20. The third-order valence-corrected chi connectivity index (χ3v) is 6.34. The van der Waals surface area contributed by atoms with Gasteiger partial charge < -0.3 is 4.74 Å². The molecule has 0 fully saturated rings. The molecule has 0 saturated heterocycles. The largest absolute Gasteiger partial charge is 0.380 e. The molecule has 31 heavy (non-hydrogen) atoms. The van der Waals surface area contributed by atoms with Crippen molar-refractivity contribution in [1.29, 1.82) is 0 Å². The zero-order valence-corrected chi connectivity index (χ0v) is 18.1. The van der Waals surface area contributed by atoms with Crippen LogP contribution in [-0.2, 0) is 17.9 Å². The van der Waals surface area contributed by atoms with Crippen molar-refractivity contribution in [3.63, 3.8) is 0 Å². The molecule has 6 heteroatoms.